The van der Waals surface area contributed by atoms with Crippen molar-refractivity contribution in [3.8, 4) is 0 Å². The lowest BCUT2D eigenvalue weighted by atomic mass is 10.2. The summed E-state index contributed by atoms with van der Waals surface area (Å²) in [5.74, 6) is 0.982. The van der Waals surface area contributed by atoms with Gasteiger partial charge in [-0.1, -0.05) is 6.92 Å². The highest BCUT2D eigenvalue weighted by Crippen LogP contribution is 2.18. The van der Waals surface area contributed by atoms with Gasteiger partial charge in [-0.25, -0.2) is 0 Å². The molecule has 0 aliphatic heterocycles. The molecule has 4 heteroatoms. The summed E-state index contributed by atoms with van der Waals surface area (Å²) in [5.41, 5.74) is 3.47. The van der Waals surface area contributed by atoms with Gasteiger partial charge in [-0.3, -0.25) is 4.98 Å². The van der Waals surface area contributed by atoms with Crippen LogP contribution in [-0.4, -0.2) is 18.6 Å². The van der Waals surface area contributed by atoms with Crippen molar-refractivity contribution in [3.05, 3.63) is 47.7 Å². The minimum Gasteiger partial charge on any atom is -0.469 e. The number of aryl methyl sites for hydroxylation is 1. The molecule has 108 valence electrons. The van der Waals surface area contributed by atoms with Crippen LogP contribution in [-0.2, 0) is 13.1 Å². The topological polar surface area (TPSA) is 41.3 Å². The number of hydrogen-bond donors (Lipinski definition) is 1. The lowest BCUT2D eigenvalue weighted by molar-refractivity contribution is 0.529. The molecule has 2 rings (SSSR count). The summed E-state index contributed by atoms with van der Waals surface area (Å²) in [7, 11) is 2.09. The van der Waals surface area contributed by atoms with Gasteiger partial charge in [0, 0.05) is 37.6 Å². The molecule has 0 atom stereocenters. The van der Waals surface area contributed by atoms with Crippen LogP contribution >= 0.6 is 0 Å². The number of pyridine rings is 1. The third-order valence-corrected chi connectivity index (χ3v) is 3.35. The predicted molar refractivity (Wildman–Crippen MR) is 81.8 cm³/mol. The van der Waals surface area contributed by atoms with Crippen molar-refractivity contribution in [3.63, 3.8) is 0 Å². The van der Waals surface area contributed by atoms with Gasteiger partial charge < -0.3 is 14.6 Å². The van der Waals surface area contributed by atoms with Gasteiger partial charge in [0.05, 0.1) is 12.0 Å². The van der Waals surface area contributed by atoms with Crippen LogP contribution in [0.3, 0.4) is 0 Å². The first-order valence-corrected chi connectivity index (χ1v) is 7.10. The van der Waals surface area contributed by atoms with Crippen LogP contribution in [0.5, 0.6) is 0 Å². The summed E-state index contributed by atoms with van der Waals surface area (Å²) in [4.78, 5) is 6.61. The molecule has 2 heterocycles. The molecule has 0 amide bonds. The highest BCUT2D eigenvalue weighted by molar-refractivity contribution is 5.46. The zero-order valence-electron chi connectivity index (χ0n) is 12.5. The second-order valence-electron chi connectivity index (χ2n) is 5.04. The van der Waals surface area contributed by atoms with E-state index in [9.17, 15) is 0 Å². The fourth-order valence-corrected chi connectivity index (χ4v) is 2.11. The summed E-state index contributed by atoms with van der Waals surface area (Å²) in [6, 6.07) is 6.20. The lowest BCUT2D eigenvalue weighted by Crippen LogP contribution is -2.18. The maximum atomic E-state index is 5.34. The summed E-state index contributed by atoms with van der Waals surface area (Å²) < 4.78 is 5.34. The minimum absolute atomic E-state index is 0.820. The molecule has 0 bridgehead atoms. The summed E-state index contributed by atoms with van der Waals surface area (Å²) in [6.07, 6.45) is 4.75. The molecule has 0 radical (unpaired) electrons. The van der Waals surface area contributed by atoms with E-state index in [1.807, 2.05) is 25.3 Å². The van der Waals surface area contributed by atoms with Crippen molar-refractivity contribution in [2.45, 2.75) is 33.4 Å². The van der Waals surface area contributed by atoms with Crippen molar-refractivity contribution in [2.75, 3.05) is 18.5 Å². The monoisotopic (exact) mass is 273 g/mol. The Kier molecular flexibility index (Phi) is 5.18. The molecule has 0 saturated carbocycles. The Bertz CT molecular complexity index is 536. The van der Waals surface area contributed by atoms with Crippen LogP contribution in [0, 0.1) is 6.92 Å². The van der Waals surface area contributed by atoms with E-state index >= 15 is 0 Å². The Morgan fingerprint density at radius 3 is 2.90 bits per heavy atom. The Balaban J connectivity index is 2.00. The van der Waals surface area contributed by atoms with E-state index in [4.69, 9.17) is 4.42 Å². The van der Waals surface area contributed by atoms with Crippen LogP contribution < -0.4 is 10.2 Å². The quantitative estimate of drug-likeness (QED) is 0.787. The molecular formula is C16H23N3O. The van der Waals surface area contributed by atoms with Gasteiger partial charge in [-0.15, -0.1) is 0 Å². The molecular weight excluding hydrogens is 250 g/mol. The van der Waals surface area contributed by atoms with Crippen molar-refractivity contribution in [1.29, 1.82) is 0 Å². The summed E-state index contributed by atoms with van der Waals surface area (Å²) >= 11 is 0. The van der Waals surface area contributed by atoms with Gasteiger partial charge >= 0.3 is 0 Å². The molecule has 0 fully saturated rings. The third-order valence-electron chi connectivity index (χ3n) is 3.35. The first kappa shape index (κ1) is 14.6. The van der Waals surface area contributed by atoms with Crippen molar-refractivity contribution in [1.82, 2.24) is 10.3 Å². The van der Waals surface area contributed by atoms with E-state index in [2.05, 4.69) is 35.2 Å². The average Bonchev–Trinajstić information content (AvgIpc) is 2.85. The first-order chi connectivity index (χ1) is 9.70. The van der Waals surface area contributed by atoms with E-state index in [-0.39, 0.29) is 0 Å². The molecule has 2 aromatic rings. The van der Waals surface area contributed by atoms with Crippen LogP contribution in [0.1, 0.15) is 30.4 Å². The van der Waals surface area contributed by atoms with Gasteiger partial charge in [0.15, 0.2) is 0 Å². The summed E-state index contributed by atoms with van der Waals surface area (Å²) in [6.45, 7) is 6.85. The zero-order chi connectivity index (χ0) is 14.4. The second kappa shape index (κ2) is 7.10. The van der Waals surface area contributed by atoms with Crippen LogP contribution in [0.15, 0.2) is 35.1 Å². The van der Waals surface area contributed by atoms with Crippen molar-refractivity contribution >= 4 is 5.69 Å². The minimum atomic E-state index is 0.820. The van der Waals surface area contributed by atoms with E-state index in [0.717, 1.165) is 37.5 Å². The second-order valence-corrected chi connectivity index (χ2v) is 5.04. The molecule has 0 spiro atoms. The maximum absolute atomic E-state index is 5.34. The Morgan fingerprint density at radius 2 is 2.20 bits per heavy atom. The number of nitrogens with one attached hydrogen (secondary N) is 1. The standard InChI is InChI=1S/C16H23N3O/c1-4-7-17-11-15-10-16(5-8-18-15)19(3)12-14-6-9-20-13(14)2/h5-6,8-10,17H,4,7,11-12H2,1-3H3. The number of anilines is 1. The molecule has 0 aliphatic carbocycles. The smallest absolute Gasteiger partial charge is 0.105 e. The van der Waals surface area contributed by atoms with Crippen LogP contribution in [0.4, 0.5) is 5.69 Å². The SMILES string of the molecule is CCCNCc1cc(N(C)Cc2ccoc2C)ccn1. The molecule has 0 aliphatic rings. The fraction of sp³-hybridized carbons (Fsp3) is 0.438. The molecule has 20 heavy (non-hydrogen) atoms. The Hall–Kier alpha value is -1.81. The number of rotatable bonds is 7. The molecule has 0 aromatic carbocycles. The largest absolute Gasteiger partial charge is 0.469 e. The van der Waals surface area contributed by atoms with Gasteiger partial charge in [0.25, 0.3) is 0 Å². The van der Waals surface area contributed by atoms with Crippen LogP contribution in [0.25, 0.3) is 0 Å². The van der Waals surface area contributed by atoms with Gasteiger partial charge in [0.1, 0.15) is 5.76 Å². The lowest BCUT2D eigenvalue weighted by Gasteiger charge is -2.19. The number of nitrogens with zero attached hydrogens (tertiary/aromatic N) is 2. The predicted octanol–water partition coefficient (Wildman–Crippen LogP) is 3.12. The zero-order valence-corrected chi connectivity index (χ0v) is 12.5. The van der Waals surface area contributed by atoms with Gasteiger partial charge in [-0.05, 0) is 38.1 Å². The number of hydrogen-bond acceptors (Lipinski definition) is 4. The number of furan rings is 1. The van der Waals surface area contributed by atoms with E-state index in [1.54, 1.807) is 6.26 Å². The first-order valence-electron chi connectivity index (χ1n) is 7.10. The highest BCUT2D eigenvalue weighted by Gasteiger charge is 2.07. The number of aromatic nitrogens is 1. The Morgan fingerprint density at radius 1 is 1.35 bits per heavy atom. The molecule has 0 unspecified atom stereocenters. The maximum Gasteiger partial charge on any atom is 0.105 e. The molecule has 4 nitrogen and oxygen atoms in total. The fourth-order valence-electron chi connectivity index (χ4n) is 2.11. The average molecular weight is 273 g/mol. The summed E-state index contributed by atoms with van der Waals surface area (Å²) in [5, 5.41) is 3.38. The third kappa shape index (κ3) is 3.84. The molecule has 1 N–H and O–H groups in total. The normalized spacial score (nSPS) is 10.8. The van der Waals surface area contributed by atoms with Crippen molar-refractivity contribution < 1.29 is 4.42 Å². The van der Waals surface area contributed by atoms with Crippen LogP contribution in [0.2, 0.25) is 0 Å². The van der Waals surface area contributed by atoms with E-state index in [0.29, 0.717) is 0 Å². The van der Waals surface area contributed by atoms with E-state index < -0.39 is 0 Å². The highest BCUT2D eigenvalue weighted by atomic mass is 16.3. The van der Waals surface area contributed by atoms with Gasteiger partial charge in [-0.2, -0.15) is 0 Å². The Labute approximate surface area is 120 Å². The van der Waals surface area contributed by atoms with E-state index in [1.165, 1.54) is 11.3 Å². The molecule has 0 saturated heterocycles. The van der Waals surface area contributed by atoms with Gasteiger partial charge in [0.2, 0.25) is 0 Å². The van der Waals surface area contributed by atoms with Crippen molar-refractivity contribution in [2.24, 2.45) is 0 Å². The molecule has 2 aromatic heterocycles.